The first kappa shape index (κ1) is 20.0. The summed E-state index contributed by atoms with van der Waals surface area (Å²) in [6.07, 6.45) is 2.61. The Kier molecular flexibility index (Phi) is 5.51. The highest BCUT2D eigenvalue weighted by Gasteiger charge is 2.25. The molecule has 7 nitrogen and oxygen atoms in total. The number of nitriles is 1. The zero-order valence-corrected chi connectivity index (χ0v) is 17.2. The van der Waals surface area contributed by atoms with Gasteiger partial charge in [-0.2, -0.15) is 5.26 Å². The van der Waals surface area contributed by atoms with E-state index in [4.69, 9.17) is 9.47 Å². The molecule has 30 heavy (non-hydrogen) atoms. The smallest absolute Gasteiger partial charge is 0.329 e. The molecule has 0 aliphatic heterocycles. The molecule has 2 aromatic carbocycles. The van der Waals surface area contributed by atoms with Crippen LogP contribution in [0.1, 0.15) is 42.9 Å². The number of rotatable bonds is 5. The Hall–Kier alpha value is -3.24. The molecule has 0 amide bonds. The molecule has 0 spiro atoms. The van der Waals surface area contributed by atoms with Crippen LogP contribution in [0.25, 0.3) is 11.0 Å². The van der Waals surface area contributed by atoms with Gasteiger partial charge in [-0.05, 0) is 61.6 Å². The molecular weight excluding hydrogens is 382 g/mol. The highest BCUT2D eigenvalue weighted by molar-refractivity contribution is 5.78. The SMILES string of the molecule is COc1ccc(Cn2c(=O)n([C@H]3CC[C@@H](O)CC3)c3ccc(C#N)cc32)cc1OC. The predicted molar refractivity (Wildman–Crippen MR) is 113 cm³/mol. The predicted octanol–water partition coefficient (Wildman–Crippen LogP) is 3.22. The van der Waals surface area contributed by atoms with Crippen molar-refractivity contribution >= 4 is 11.0 Å². The minimum absolute atomic E-state index is 0.0444. The third-order valence-corrected chi connectivity index (χ3v) is 5.91. The van der Waals surface area contributed by atoms with E-state index in [1.165, 1.54) is 0 Å². The lowest BCUT2D eigenvalue weighted by Crippen LogP contribution is -2.31. The second-order valence-corrected chi connectivity index (χ2v) is 7.71. The molecule has 7 heteroatoms. The van der Waals surface area contributed by atoms with Crippen molar-refractivity contribution in [2.75, 3.05) is 14.2 Å². The van der Waals surface area contributed by atoms with Gasteiger partial charge in [0.15, 0.2) is 11.5 Å². The average Bonchev–Trinajstić information content (AvgIpc) is 3.04. The summed E-state index contributed by atoms with van der Waals surface area (Å²) in [4.78, 5) is 13.5. The number of aliphatic hydroxyl groups is 1. The number of hydrogen-bond donors (Lipinski definition) is 1. The lowest BCUT2D eigenvalue weighted by molar-refractivity contribution is 0.110. The van der Waals surface area contributed by atoms with E-state index in [0.29, 0.717) is 36.4 Å². The number of aliphatic hydroxyl groups excluding tert-OH is 1. The minimum atomic E-state index is -0.290. The molecule has 0 radical (unpaired) electrons. The fraction of sp³-hybridized carbons (Fsp3) is 0.391. The zero-order valence-electron chi connectivity index (χ0n) is 17.2. The van der Waals surface area contributed by atoms with Crippen molar-refractivity contribution < 1.29 is 14.6 Å². The first-order valence-electron chi connectivity index (χ1n) is 10.1. The summed E-state index contributed by atoms with van der Waals surface area (Å²) < 4.78 is 14.2. The number of benzene rings is 2. The van der Waals surface area contributed by atoms with Crippen molar-refractivity contribution in [2.45, 2.75) is 44.4 Å². The molecule has 1 fully saturated rings. The molecule has 0 saturated heterocycles. The van der Waals surface area contributed by atoms with Crippen molar-refractivity contribution in [3.8, 4) is 17.6 Å². The summed E-state index contributed by atoms with van der Waals surface area (Å²) in [6, 6.07) is 13.2. The van der Waals surface area contributed by atoms with E-state index in [0.717, 1.165) is 29.4 Å². The van der Waals surface area contributed by atoms with Crippen molar-refractivity contribution in [3.05, 3.63) is 58.0 Å². The van der Waals surface area contributed by atoms with Crippen LogP contribution in [0.4, 0.5) is 0 Å². The first-order chi connectivity index (χ1) is 14.5. The number of nitrogens with zero attached hydrogens (tertiary/aromatic N) is 3. The number of imidazole rings is 1. The minimum Gasteiger partial charge on any atom is -0.493 e. The van der Waals surface area contributed by atoms with Gasteiger partial charge in [0.05, 0.1) is 49.5 Å². The fourth-order valence-corrected chi connectivity index (χ4v) is 4.33. The number of fused-ring (bicyclic) bond motifs is 1. The van der Waals surface area contributed by atoms with Crippen LogP contribution in [0.15, 0.2) is 41.2 Å². The van der Waals surface area contributed by atoms with E-state index in [2.05, 4.69) is 6.07 Å². The molecule has 1 N–H and O–H groups in total. The largest absolute Gasteiger partial charge is 0.493 e. The Labute approximate surface area is 174 Å². The van der Waals surface area contributed by atoms with Crippen molar-refractivity contribution in [2.24, 2.45) is 0 Å². The Balaban J connectivity index is 1.82. The maximum atomic E-state index is 13.5. The highest BCUT2D eigenvalue weighted by Crippen LogP contribution is 2.32. The lowest BCUT2D eigenvalue weighted by atomic mass is 9.93. The van der Waals surface area contributed by atoms with Crippen molar-refractivity contribution in [1.29, 1.82) is 5.26 Å². The standard InChI is InChI=1S/C23H25N3O4/c1-29-21-10-4-16(12-22(21)30-2)14-25-20-11-15(13-24)3-9-19(20)26(23(25)28)17-5-7-18(27)8-6-17/h3-4,9-12,17-18,27H,5-8,14H2,1-2H3/t17-,18+. The second-order valence-electron chi connectivity index (χ2n) is 7.71. The molecule has 1 aliphatic rings. The van der Waals surface area contributed by atoms with Gasteiger partial charge in [0, 0.05) is 6.04 Å². The molecule has 1 aliphatic carbocycles. The van der Waals surface area contributed by atoms with Gasteiger partial charge in [-0.25, -0.2) is 4.79 Å². The Bertz CT molecular complexity index is 1160. The second kappa shape index (κ2) is 8.25. The molecule has 0 bridgehead atoms. The van der Waals surface area contributed by atoms with Crippen LogP contribution in [-0.4, -0.2) is 34.6 Å². The molecular formula is C23H25N3O4. The van der Waals surface area contributed by atoms with Gasteiger partial charge in [-0.15, -0.1) is 0 Å². The van der Waals surface area contributed by atoms with Crippen LogP contribution >= 0.6 is 0 Å². The number of aromatic nitrogens is 2. The summed E-state index contributed by atoms with van der Waals surface area (Å²) in [5.41, 5.74) is 2.87. The normalized spacial score (nSPS) is 18.9. The van der Waals surface area contributed by atoms with Crippen LogP contribution in [-0.2, 0) is 6.54 Å². The van der Waals surface area contributed by atoms with Crippen molar-refractivity contribution in [3.63, 3.8) is 0 Å². The first-order valence-corrected chi connectivity index (χ1v) is 10.1. The number of ether oxygens (including phenoxy) is 2. The van der Waals surface area contributed by atoms with E-state index in [1.54, 1.807) is 30.9 Å². The quantitative estimate of drug-likeness (QED) is 0.701. The average molecular weight is 407 g/mol. The lowest BCUT2D eigenvalue weighted by Gasteiger charge is -2.26. The van der Waals surface area contributed by atoms with E-state index in [-0.39, 0.29) is 17.8 Å². The monoisotopic (exact) mass is 407 g/mol. The summed E-state index contributed by atoms with van der Waals surface area (Å²) >= 11 is 0. The number of methoxy groups -OCH3 is 2. The third-order valence-electron chi connectivity index (χ3n) is 5.91. The Morgan fingerprint density at radius 1 is 1.03 bits per heavy atom. The van der Waals surface area contributed by atoms with E-state index >= 15 is 0 Å². The van der Waals surface area contributed by atoms with Gasteiger partial charge < -0.3 is 14.6 Å². The molecule has 1 aromatic heterocycles. The maximum absolute atomic E-state index is 13.5. The zero-order chi connectivity index (χ0) is 21.3. The molecule has 3 aromatic rings. The van der Waals surface area contributed by atoms with Crippen molar-refractivity contribution in [1.82, 2.24) is 9.13 Å². The topological polar surface area (TPSA) is 89.4 Å². The summed E-state index contributed by atoms with van der Waals surface area (Å²) in [5, 5.41) is 19.2. The van der Waals surface area contributed by atoms with Gasteiger partial charge >= 0.3 is 5.69 Å². The molecule has 4 rings (SSSR count). The Morgan fingerprint density at radius 3 is 2.43 bits per heavy atom. The van der Waals surface area contributed by atoms with E-state index in [1.807, 2.05) is 28.8 Å². The van der Waals surface area contributed by atoms with Crippen LogP contribution in [0.5, 0.6) is 11.5 Å². The molecule has 1 heterocycles. The number of hydrogen-bond acceptors (Lipinski definition) is 5. The molecule has 0 unspecified atom stereocenters. The van der Waals surface area contributed by atoms with Gasteiger partial charge in [0.2, 0.25) is 0 Å². The molecule has 156 valence electrons. The fourth-order valence-electron chi connectivity index (χ4n) is 4.33. The van der Waals surface area contributed by atoms with Crippen LogP contribution in [0.2, 0.25) is 0 Å². The Morgan fingerprint density at radius 2 is 1.77 bits per heavy atom. The maximum Gasteiger partial charge on any atom is 0.329 e. The summed E-state index contributed by atoms with van der Waals surface area (Å²) in [6.45, 7) is 0.354. The molecule has 0 atom stereocenters. The summed E-state index contributed by atoms with van der Waals surface area (Å²) in [5.74, 6) is 1.23. The van der Waals surface area contributed by atoms with Crippen LogP contribution < -0.4 is 15.2 Å². The van der Waals surface area contributed by atoms with Gasteiger partial charge in [-0.3, -0.25) is 9.13 Å². The van der Waals surface area contributed by atoms with Gasteiger partial charge in [-0.1, -0.05) is 6.07 Å². The summed E-state index contributed by atoms with van der Waals surface area (Å²) in [7, 11) is 3.16. The third kappa shape index (κ3) is 3.55. The van der Waals surface area contributed by atoms with Crippen LogP contribution in [0, 0.1) is 11.3 Å². The van der Waals surface area contributed by atoms with E-state index in [9.17, 15) is 15.2 Å². The highest BCUT2D eigenvalue weighted by atomic mass is 16.5. The van der Waals surface area contributed by atoms with Gasteiger partial charge in [0.1, 0.15) is 0 Å². The van der Waals surface area contributed by atoms with Crippen LogP contribution in [0.3, 0.4) is 0 Å². The van der Waals surface area contributed by atoms with Gasteiger partial charge in [0.25, 0.3) is 0 Å². The molecule has 1 saturated carbocycles. The van der Waals surface area contributed by atoms with E-state index < -0.39 is 0 Å².